The molecule has 0 spiro atoms. The number of methoxy groups -OCH3 is 1. The van der Waals surface area contributed by atoms with Crippen LogP contribution in [-0.2, 0) is 14.8 Å². The highest BCUT2D eigenvalue weighted by molar-refractivity contribution is 7.89. The Labute approximate surface area is 124 Å². The molecule has 2 atom stereocenters. The normalized spacial score (nSPS) is 22.5. The van der Waals surface area contributed by atoms with Gasteiger partial charge in [-0.1, -0.05) is 6.92 Å². The average molecular weight is 315 g/mol. The second kappa shape index (κ2) is 5.81. The Kier molecular flexibility index (Phi) is 4.43. The quantitative estimate of drug-likeness (QED) is 0.860. The highest BCUT2D eigenvalue weighted by Gasteiger charge is 2.34. The zero-order valence-electron chi connectivity index (χ0n) is 12.7. The zero-order valence-corrected chi connectivity index (χ0v) is 13.5. The lowest BCUT2D eigenvalue weighted by atomic mass is 10.1. The number of nitrogens with one attached hydrogen (secondary N) is 1. The van der Waals surface area contributed by atoms with E-state index in [0.29, 0.717) is 5.92 Å². The molecule has 1 saturated carbocycles. The molecule has 0 amide bonds. The van der Waals surface area contributed by atoms with Gasteiger partial charge in [0.25, 0.3) is 0 Å². The van der Waals surface area contributed by atoms with Crippen molar-refractivity contribution in [1.29, 1.82) is 0 Å². The smallest absolute Gasteiger partial charge is 0.342 e. The summed E-state index contributed by atoms with van der Waals surface area (Å²) in [5.41, 5.74) is -0.0199. The standard InChI is InChI=1S/C14H21NO5S/c1-8-5-6-11(7-8)15-21(17,18)13-10(3)20-9(2)12(13)14(16)19-4/h8,11,15H,5-7H2,1-4H3. The molecular weight excluding hydrogens is 294 g/mol. The van der Waals surface area contributed by atoms with Crippen LogP contribution in [0.4, 0.5) is 0 Å². The van der Waals surface area contributed by atoms with Crippen LogP contribution in [0.3, 0.4) is 0 Å². The van der Waals surface area contributed by atoms with Gasteiger partial charge in [0.1, 0.15) is 22.0 Å². The van der Waals surface area contributed by atoms with Gasteiger partial charge in [0.05, 0.1) is 7.11 Å². The third-order valence-corrected chi connectivity index (χ3v) is 5.55. The molecule has 1 aromatic heterocycles. The molecule has 1 fully saturated rings. The van der Waals surface area contributed by atoms with Crippen molar-refractivity contribution in [1.82, 2.24) is 4.72 Å². The molecule has 1 N–H and O–H groups in total. The second-order valence-corrected chi connectivity index (χ2v) is 7.30. The summed E-state index contributed by atoms with van der Waals surface area (Å²) in [6.07, 6.45) is 2.62. The van der Waals surface area contributed by atoms with Crippen molar-refractivity contribution in [3.05, 3.63) is 17.1 Å². The number of ether oxygens (including phenoxy) is 1. The predicted molar refractivity (Wildman–Crippen MR) is 76.6 cm³/mol. The van der Waals surface area contributed by atoms with E-state index >= 15 is 0 Å². The molecule has 1 aliphatic rings. The summed E-state index contributed by atoms with van der Waals surface area (Å²) in [7, 11) is -2.59. The molecule has 118 valence electrons. The van der Waals surface area contributed by atoms with Gasteiger partial charge in [-0.05, 0) is 39.0 Å². The van der Waals surface area contributed by atoms with E-state index < -0.39 is 16.0 Å². The summed E-state index contributed by atoms with van der Waals surface area (Å²) in [4.78, 5) is 11.7. The predicted octanol–water partition coefficient (Wildman–Crippen LogP) is 2.15. The van der Waals surface area contributed by atoms with Gasteiger partial charge < -0.3 is 9.15 Å². The number of carbonyl (C=O) groups is 1. The van der Waals surface area contributed by atoms with Gasteiger partial charge >= 0.3 is 5.97 Å². The van der Waals surface area contributed by atoms with Crippen LogP contribution in [0.25, 0.3) is 0 Å². The van der Waals surface area contributed by atoms with Gasteiger partial charge in [-0.25, -0.2) is 17.9 Å². The van der Waals surface area contributed by atoms with Crippen LogP contribution in [0.2, 0.25) is 0 Å². The average Bonchev–Trinajstić information content (AvgIpc) is 2.91. The SMILES string of the molecule is COC(=O)c1c(C)oc(C)c1S(=O)(=O)NC1CCC(C)C1. The summed E-state index contributed by atoms with van der Waals surface area (Å²) in [5, 5.41) is 0. The highest BCUT2D eigenvalue weighted by Crippen LogP contribution is 2.30. The first-order chi connectivity index (χ1) is 9.76. The van der Waals surface area contributed by atoms with Gasteiger partial charge in [0.2, 0.25) is 10.0 Å². The van der Waals surface area contributed by atoms with Gasteiger partial charge in [-0.15, -0.1) is 0 Å². The Morgan fingerprint density at radius 1 is 1.29 bits per heavy atom. The molecular formula is C14H21NO5S. The number of carbonyl (C=O) groups excluding carboxylic acids is 1. The van der Waals surface area contributed by atoms with Crippen molar-refractivity contribution in [2.75, 3.05) is 7.11 Å². The third-order valence-electron chi connectivity index (χ3n) is 3.88. The maximum absolute atomic E-state index is 12.6. The van der Waals surface area contributed by atoms with Crippen LogP contribution < -0.4 is 4.72 Å². The van der Waals surface area contributed by atoms with E-state index in [1.807, 2.05) is 0 Å². The molecule has 21 heavy (non-hydrogen) atoms. The Balaban J connectivity index is 2.38. The molecule has 2 rings (SSSR count). The fourth-order valence-corrected chi connectivity index (χ4v) is 4.60. The topological polar surface area (TPSA) is 85.6 Å². The molecule has 0 aromatic carbocycles. The minimum Gasteiger partial charge on any atom is -0.465 e. The molecule has 1 heterocycles. The van der Waals surface area contributed by atoms with E-state index in [0.717, 1.165) is 19.3 Å². The molecule has 2 unspecified atom stereocenters. The molecule has 1 aliphatic carbocycles. The lowest BCUT2D eigenvalue weighted by molar-refractivity contribution is 0.0595. The van der Waals surface area contributed by atoms with Gasteiger partial charge in [0.15, 0.2) is 0 Å². The summed E-state index contributed by atoms with van der Waals surface area (Å²) in [5.74, 6) is 0.250. The van der Waals surface area contributed by atoms with Crippen LogP contribution in [-0.4, -0.2) is 27.5 Å². The number of sulfonamides is 1. The summed E-state index contributed by atoms with van der Waals surface area (Å²) >= 11 is 0. The molecule has 7 heteroatoms. The van der Waals surface area contributed by atoms with Crippen LogP contribution in [0.5, 0.6) is 0 Å². The van der Waals surface area contributed by atoms with E-state index in [1.54, 1.807) is 6.92 Å². The molecule has 0 radical (unpaired) electrons. The first kappa shape index (κ1) is 16.0. The number of esters is 1. The van der Waals surface area contributed by atoms with E-state index in [4.69, 9.17) is 4.42 Å². The first-order valence-corrected chi connectivity index (χ1v) is 8.45. The van der Waals surface area contributed by atoms with E-state index in [2.05, 4.69) is 16.4 Å². The third kappa shape index (κ3) is 3.13. The van der Waals surface area contributed by atoms with Crippen molar-refractivity contribution in [3.63, 3.8) is 0 Å². The molecule has 0 aliphatic heterocycles. The summed E-state index contributed by atoms with van der Waals surface area (Å²) < 4.78 is 37.8. The molecule has 0 bridgehead atoms. The molecule has 0 saturated heterocycles. The van der Waals surface area contributed by atoms with Crippen molar-refractivity contribution < 1.29 is 22.4 Å². The largest absolute Gasteiger partial charge is 0.465 e. The maximum atomic E-state index is 12.6. The van der Waals surface area contributed by atoms with E-state index in [1.165, 1.54) is 14.0 Å². The number of hydrogen-bond donors (Lipinski definition) is 1. The van der Waals surface area contributed by atoms with Crippen molar-refractivity contribution in [2.45, 2.75) is 51.0 Å². The Morgan fingerprint density at radius 3 is 2.48 bits per heavy atom. The fraction of sp³-hybridized carbons (Fsp3) is 0.643. The van der Waals surface area contributed by atoms with Crippen molar-refractivity contribution in [2.24, 2.45) is 5.92 Å². The van der Waals surface area contributed by atoms with Crippen LogP contribution in [0.15, 0.2) is 9.31 Å². The van der Waals surface area contributed by atoms with Crippen molar-refractivity contribution >= 4 is 16.0 Å². The van der Waals surface area contributed by atoms with Crippen LogP contribution in [0.1, 0.15) is 48.1 Å². The highest BCUT2D eigenvalue weighted by atomic mass is 32.2. The fourth-order valence-electron chi connectivity index (χ4n) is 2.92. The Bertz CT molecular complexity index is 647. The van der Waals surface area contributed by atoms with Crippen LogP contribution in [0, 0.1) is 19.8 Å². The van der Waals surface area contributed by atoms with E-state index in [-0.39, 0.29) is 28.0 Å². The summed E-state index contributed by atoms with van der Waals surface area (Å²) in [6, 6.07) is -0.0925. The lowest BCUT2D eigenvalue weighted by Crippen LogP contribution is -2.34. The zero-order chi connectivity index (χ0) is 15.8. The number of aryl methyl sites for hydroxylation is 2. The van der Waals surface area contributed by atoms with E-state index in [9.17, 15) is 13.2 Å². The lowest BCUT2D eigenvalue weighted by Gasteiger charge is -2.13. The first-order valence-electron chi connectivity index (χ1n) is 6.97. The van der Waals surface area contributed by atoms with Gasteiger partial charge in [-0.2, -0.15) is 0 Å². The number of rotatable bonds is 4. The number of hydrogen-bond acceptors (Lipinski definition) is 5. The minimum absolute atomic E-state index is 0.0199. The Morgan fingerprint density at radius 2 is 1.95 bits per heavy atom. The second-order valence-electron chi connectivity index (χ2n) is 5.65. The monoisotopic (exact) mass is 315 g/mol. The minimum atomic E-state index is -3.81. The maximum Gasteiger partial charge on any atom is 0.342 e. The molecule has 6 nitrogen and oxygen atoms in total. The number of furan rings is 1. The van der Waals surface area contributed by atoms with Crippen molar-refractivity contribution in [3.8, 4) is 0 Å². The summed E-state index contributed by atoms with van der Waals surface area (Å²) in [6.45, 7) is 5.18. The Hall–Kier alpha value is -1.34. The van der Waals surface area contributed by atoms with Gasteiger partial charge in [-0.3, -0.25) is 0 Å². The molecule has 1 aromatic rings. The van der Waals surface area contributed by atoms with Gasteiger partial charge in [0, 0.05) is 6.04 Å². The van der Waals surface area contributed by atoms with Crippen LogP contribution >= 0.6 is 0 Å².